The van der Waals surface area contributed by atoms with Crippen molar-refractivity contribution in [2.75, 3.05) is 0 Å². The van der Waals surface area contributed by atoms with Crippen molar-refractivity contribution in [2.45, 2.75) is 107 Å². The van der Waals surface area contributed by atoms with Gasteiger partial charge in [0.15, 0.2) is 0 Å². The summed E-state index contributed by atoms with van der Waals surface area (Å²) in [5, 5.41) is 0. The molecule has 0 saturated heterocycles. The number of fused-ring (bicyclic) bond motifs is 3. The Morgan fingerprint density at radius 3 is 1.67 bits per heavy atom. The summed E-state index contributed by atoms with van der Waals surface area (Å²) in [5.41, 5.74) is 16.0. The molecule has 248 valence electrons. The molecule has 48 heavy (non-hydrogen) atoms. The molecule has 0 saturated carbocycles. The van der Waals surface area contributed by atoms with Crippen LogP contribution in [0.5, 0.6) is 0 Å². The maximum atomic E-state index is 3.69. The molecule has 0 radical (unpaired) electrons. The summed E-state index contributed by atoms with van der Waals surface area (Å²) in [6, 6.07) is 32.1. The molecule has 0 N–H and O–H groups in total. The van der Waals surface area contributed by atoms with Crippen LogP contribution in [0.1, 0.15) is 120 Å². The van der Waals surface area contributed by atoms with Gasteiger partial charge in [0.2, 0.25) is 0 Å². The molecule has 1 unspecified atom stereocenters. The molecule has 1 atom stereocenters. The number of hydrogen-bond acceptors (Lipinski definition) is 0. The maximum absolute atomic E-state index is 3.69. The number of aryl methyl sites for hydroxylation is 2. The first kappa shape index (κ1) is 37.9. The van der Waals surface area contributed by atoms with Crippen LogP contribution >= 0.6 is 0 Å². The van der Waals surface area contributed by atoms with Crippen molar-refractivity contribution in [3.63, 3.8) is 0 Å². The van der Waals surface area contributed by atoms with Crippen molar-refractivity contribution in [3.8, 4) is 11.1 Å². The minimum absolute atomic E-state index is 0.163. The van der Waals surface area contributed by atoms with Crippen molar-refractivity contribution >= 4 is 3.21 Å². The van der Waals surface area contributed by atoms with E-state index in [1.54, 1.807) is 0 Å². The van der Waals surface area contributed by atoms with Crippen molar-refractivity contribution in [2.24, 2.45) is 11.3 Å². The van der Waals surface area contributed by atoms with Crippen molar-refractivity contribution in [1.82, 2.24) is 0 Å². The molecule has 2 aliphatic rings. The van der Waals surface area contributed by atoms with Crippen LogP contribution in [-0.4, -0.2) is 3.21 Å². The van der Waals surface area contributed by atoms with Gasteiger partial charge >= 0.3 is 99.2 Å². The fourth-order valence-electron chi connectivity index (χ4n) is 6.61. The Bertz CT molecular complexity index is 1670. The average molecular weight is 712 g/mol. The van der Waals surface area contributed by atoms with E-state index < -0.39 is 0 Å². The molecule has 0 fully saturated rings. The van der Waals surface area contributed by atoms with Gasteiger partial charge in [-0.05, 0) is 35.4 Å². The number of allylic oxidation sites excluding steroid dienone is 4. The van der Waals surface area contributed by atoms with Gasteiger partial charge in [0, 0.05) is 0 Å². The van der Waals surface area contributed by atoms with Crippen LogP contribution in [-0.2, 0) is 41.5 Å². The van der Waals surface area contributed by atoms with Crippen LogP contribution in [0.25, 0.3) is 11.1 Å². The molecular formula is C47H56Zr. The van der Waals surface area contributed by atoms with Crippen molar-refractivity contribution in [3.05, 3.63) is 153 Å². The topological polar surface area (TPSA) is 0 Å². The first-order valence-electron chi connectivity index (χ1n) is 17.6. The van der Waals surface area contributed by atoms with Crippen LogP contribution in [0.2, 0.25) is 0 Å². The molecular weight excluding hydrogens is 656 g/mol. The molecule has 0 aliphatic heterocycles. The third-order valence-electron chi connectivity index (χ3n) is 9.34. The fourth-order valence-corrected chi connectivity index (χ4v) is 7.43. The Morgan fingerprint density at radius 2 is 1.23 bits per heavy atom. The normalized spacial score (nSPS) is 15.0. The second-order valence-electron chi connectivity index (χ2n) is 16.5. The summed E-state index contributed by atoms with van der Waals surface area (Å²) in [4.78, 5) is 0. The third kappa shape index (κ3) is 9.42. The van der Waals surface area contributed by atoms with Crippen LogP contribution in [0.3, 0.4) is 0 Å². The van der Waals surface area contributed by atoms with Crippen LogP contribution in [0.4, 0.5) is 0 Å². The fraction of sp³-hybridized carbons (Fsp3) is 0.383. The number of benzene rings is 4. The third-order valence-corrected chi connectivity index (χ3v) is 10.8. The molecule has 4 aromatic carbocycles. The number of rotatable bonds is 3. The van der Waals surface area contributed by atoms with Gasteiger partial charge in [-0.3, -0.25) is 6.08 Å². The quantitative estimate of drug-likeness (QED) is 0.163. The predicted molar refractivity (Wildman–Crippen MR) is 206 cm³/mol. The minimum atomic E-state index is 0.163. The van der Waals surface area contributed by atoms with E-state index in [1.165, 1.54) is 95.1 Å². The Kier molecular flexibility index (Phi) is 12.1. The van der Waals surface area contributed by atoms with E-state index in [2.05, 4.69) is 186 Å². The Morgan fingerprint density at radius 1 is 0.708 bits per heavy atom. The van der Waals surface area contributed by atoms with Gasteiger partial charge in [0.25, 0.3) is 0 Å². The molecule has 0 aromatic heterocycles. The first-order chi connectivity index (χ1) is 22.4. The Hall–Kier alpha value is -2.89. The second kappa shape index (κ2) is 15.3. The second-order valence-corrected chi connectivity index (χ2v) is 17.7. The van der Waals surface area contributed by atoms with E-state index in [9.17, 15) is 0 Å². The Balaban J connectivity index is 0.000000177. The van der Waals surface area contributed by atoms with Crippen molar-refractivity contribution < 1.29 is 24.2 Å². The van der Waals surface area contributed by atoms with Gasteiger partial charge in [-0.25, -0.2) is 6.08 Å². The van der Waals surface area contributed by atoms with Gasteiger partial charge in [-0.2, -0.15) is 29.3 Å². The molecule has 0 nitrogen and oxygen atoms in total. The molecule has 0 spiro atoms. The summed E-state index contributed by atoms with van der Waals surface area (Å²) >= 11 is 1.46. The Labute approximate surface area is 308 Å². The van der Waals surface area contributed by atoms with Gasteiger partial charge < -0.3 is 0 Å². The monoisotopic (exact) mass is 710 g/mol. The van der Waals surface area contributed by atoms with Crippen LogP contribution in [0.15, 0.2) is 96.6 Å². The van der Waals surface area contributed by atoms with Crippen molar-refractivity contribution in [1.29, 1.82) is 0 Å². The molecule has 0 amide bonds. The van der Waals surface area contributed by atoms with Gasteiger partial charge in [0.1, 0.15) is 0 Å². The molecule has 0 heterocycles. The van der Waals surface area contributed by atoms with Gasteiger partial charge in [-0.1, -0.05) is 117 Å². The number of hydrogen-bond donors (Lipinski definition) is 0. The average Bonchev–Trinajstić information content (AvgIpc) is 3.65. The van der Waals surface area contributed by atoms with E-state index >= 15 is 0 Å². The molecule has 1 heteroatoms. The summed E-state index contributed by atoms with van der Waals surface area (Å²) in [6.45, 7) is 27.2. The van der Waals surface area contributed by atoms with E-state index in [0.717, 1.165) is 6.42 Å². The van der Waals surface area contributed by atoms with E-state index in [4.69, 9.17) is 0 Å². The van der Waals surface area contributed by atoms with E-state index in [0.29, 0.717) is 11.3 Å². The molecule has 6 rings (SSSR count). The van der Waals surface area contributed by atoms with Crippen LogP contribution in [0, 0.1) is 37.3 Å². The van der Waals surface area contributed by atoms with Crippen LogP contribution < -0.4 is 0 Å². The first-order valence-corrected chi connectivity index (χ1v) is 18.8. The summed E-state index contributed by atoms with van der Waals surface area (Å²) in [7, 11) is 0. The zero-order valence-corrected chi connectivity index (χ0v) is 34.1. The summed E-state index contributed by atoms with van der Waals surface area (Å²) in [5.74, 6) is 0.573. The molecule has 0 bridgehead atoms. The SMILES string of the molecule is CCC1[C-]=CC(C(C)(C)C)=C1.Cc1[c-]c2c(cc1C(C)(C)C)-c1cc(C(C)(C)C)c(C)cc1C2.[Zr+2]=[C](c1ccccc1)c1ccccc1. The predicted octanol–water partition coefficient (Wildman–Crippen LogP) is 12.4. The standard InChI is InChI=1S/C23H29.C13H10.C11H17.Zr/c1-14-9-16-11-17-10-15(2)21(23(6,7)8)13-19(17)18(16)12-20(14)22(3,4)5;1-3-7-12(8-4-1)11-13-9-5-2-6-10-13;1-5-9-6-7-10(8-9)11(2,3)4;/h9,12-13H,11H2,1-8H3;1-10H;7-9H,5H2,1-4H3;/q-1;;-1;+2. The zero-order chi connectivity index (χ0) is 35.4. The van der Waals surface area contributed by atoms with Gasteiger partial charge in [0.05, 0.1) is 0 Å². The van der Waals surface area contributed by atoms with E-state index in [1.807, 2.05) is 0 Å². The van der Waals surface area contributed by atoms with Gasteiger partial charge in [-0.15, -0.1) is 16.7 Å². The summed E-state index contributed by atoms with van der Waals surface area (Å²) in [6.07, 6.45) is 10.0. The molecule has 2 aliphatic carbocycles. The summed E-state index contributed by atoms with van der Waals surface area (Å²) < 4.78 is 1.42. The van der Waals surface area contributed by atoms with E-state index in [-0.39, 0.29) is 10.8 Å². The molecule has 4 aromatic rings. The zero-order valence-electron chi connectivity index (χ0n) is 31.7.